The minimum absolute atomic E-state index is 0.0263. The summed E-state index contributed by atoms with van der Waals surface area (Å²) >= 11 is 0. The second-order valence-corrected chi connectivity index (χ2v) is 9.27. The molecule has 2 aliphatic rings. The van der Waals surface area contributed by atoms with Gasteiger partial charge in [-0.3, -0.25) is 14.4 Å². The largest absolute Gasteiger partial charge is 0.348 e. The van der Waals surface area contributed by atoms with Gasteiger partial charge in [0.15, 0.2) is 0 Å². The van der Waals surface area contributed by atoms with Crippen molar-refractivity contribution in [3.05, 3.63) is 53.3 Å². The lowest BCUT2D eigenvalue weighted by atomic mass is 9.92. The number of nitrogens with zero attached hydrogens (tertiary/aromatic N) is 3. The van der Waals surface area contributed by atoms with Crippen LogP contribution < -0.4 is 5.32 Å². The zero-order valence-electron chi connectivity index (χ0n) is 17.3. The van der Waals surface area contributed by atoms with Crippen LogP contribution >= 0.6 is 0 Å². The smallest absolute Gasteiger partial charge is 0.234 e. The van der Waals surface area contributed by atoms with Gasteiger partial charge in [0.05, 0.1) is 24.3 Å². The molecule has 0 bridgehead atoms. The number of rotatable bonds is 4. The van der Waals surface area contributed by atoms with Crippen LogP contribution in [0.1, 0.15) is 68.8 Å². The zero-order chi connectivity index (χ0) is 19.7. The van der Waals surface area contributed by atoms with Crippen molar-refractivity contribution in [2.24, 2.45) is 0 Å². The summed E-state index contributed by atoms with van der Waals surface area (Å²) in [6.45, 7) is 8.99. The topological polar surface area (TPSA) is 50.2 Å². The fraction of sp³-hybridized carbons (Fsp3) is 0.565. The van der Waals surface area contributed by atoms with E-state index in [-0.39, 0.29) is 17.5 Å². The molecule has 1 aliphatic carbocycles. The summed E-state index contributed by atoms with van der Waals surface area (Å²) in [5, 5.41) is 7.92. The molecule has 1 aromatic heterocycles. The average molecular weight is 381 g/mol. The monoisotopic (exact) mass is 380 g/mol. The van der Waals surface area contributed by atoms with Gasteiger partial charge in [-0.1, -0.05) is 30.3 Å². The van der Waals surface area contributed by atoms with Gasteiger partial charge in [-0.05, 0) is 64.5 Å². The van der Waals surface area contributed by atoms with Gasteiger partial charge in [0.25, 0.3) is 0 Å². The fourth-order valence-corrected chi connectivity index (χ4v) is 4.70. The first-order valence-corrected chi connectivity index (χ1v) is 10.6. The van der Waals surface area contributed by atoms with E-state index in [1.165, 1.54) is 16.8 Å². The summed E-state index contributed by atoms with van der Waals surface area (Å²) < 4.78 is 2.13. The molecule has 0 spiro atoms. The predicted molar refractivity (Wildman–Crippen MR) is 111 cm³/mol. The fourth-order valence-electron chi connectivity index (χ4n) is 4.70. The Morgan fingerprint density at radius 2 is 2.00 bits per heavy atom. The Bertz CT molecular complexity index is 821. The van der Waals surface area contributed by atoms with Crippen molar-refractivity contribution in [1.29, 1.82) is 0 Å². The first kappa shape index (κ1) is 19.2. The van der Waals surface area contributed by atoms with E-state index in [1.807, 2.05) is 6.20 Å². The van der Waals surface area contributed by atoms with Crippen LogP contribution in [0.25, 0.3) is 0 Å². The Morgan fingerprint density at radius 1 is 1.21 bits per heavy atom. The van der Waals surface area contributed by atoms with Crippen LogP contribution in [0, 0.1) is 0 Å². The number of hydrogen-bond acceptors (Lipinski definition) is 3. The highest BCUT2D eigenvalue weighted by Crippen LogP contribution is 2.32. The van der Waals surface area contributed by atoms with E-state index < -0.39 is 0 Å². The maximum Gasteiger partial charge on any atom is 0.234 e. The standard InChI is InChI=1S/C23H32N4O/c1-23(2,3)27-21-11-7-10-20(19(21)14-24-27)25-22(28)16-26-13-12-18(15-26)17-8-5-4-6-9-17/h4-6,8-9,14,18,20H,7,10-13,15-16H2,1-3H3,(H,25,28)/t18-,20-/m1/s1. The Balaban J connectivity index is 1.36. The summed E-state index contributed by atoms with van der Waals surface area (Å²) in [5.74, 6) is 0.676. The molecule has 1 fully saturated rings. The first-order valence-electron chi connectivity index (χ1n) is 10.6. The molecule has 28 heavy (non-hydrogen) atoms. The van der Waals surface area contributed by atoms with E-state index in [2.05, 4.69) is 71.1 Å². The van der Waals surface area contributed by atoms with Crippen LogP contribution in [-0.2, 0) is 16.8 Å². The Labute approximate surface area is 168 Å². The number of hydrogen-bond donors (Lipinski definition) is 1. The molecule has 1 saturated heterocycles. The van der Waals surface area contributed by atoms with Gasteiger partial charge in [-0.2, -0.15) is 5.10 Å². The van der Waals surface area contributed by atoms with Crippen LogP contribution in [0.2, 0.25) is 0 Å². The number of carbonyl (C=O) groups excluding carboxylic acids is 1. The van der Waals surface area contributed by atoms with Crippen LogP contribution in [-0.4, -0.2) is 40.2 Å². The van der Waals surface area contributed by atoms with Gasteiger partial charge in [-0.15, -0.1) is 0 Å². The molecule has 150 valence electrons. The lowest BCUT2D eigenvalue weighted by Crippen LogP contribution is -2.39. The molecule has 2 heterocycles. The van der Waals surface area contributed by atoms with Gasteiger partial charge in [0.2, 0.25) is 5.91 Å². The zero-order valence-corrected chi connectivity index (χ0v) is 17.3. The third-order valence-corrected chi connectivity index (χ3v) is 6.06. The van der Waals surface area contributed by atoms with Crippen LogP contribution in [0.3, 0.4) is 0 Å². The van der Waals surface area contributed by atoms with Gasteiger partial charge < -0.3 is 5.32 Å². The second-order valence-electron chi connectivity index (χ2n) is 9.27. The number of aromatic nitrogens is 2. The number of fused-ring (bicyclic) bond motifs is 1. The highest BCUT2D eigenvalue weighted by atomic mass is 16.2. The van der Waals surface area contributed by atoms with E-state index in [0.717, 1.165) is 38.8 Å². The molecular formula is C23H32N4O. The molecule has 1 aromatic carbocycles. The first-order chi connectivity index (χ1) is 13.4. The molecule has 5 nitrogen and oxygen atoms in total. The van der Waals surface area contributed by atoms with E-state index in [9.17, 15) is 4.79 Å². The lowest BCUT2D eigenvalue weighted by Gasteiger charge is -2.28. The lowest BCUT2D eigenvalue weighted by molar-refractivity contribution is -0.122. The molecule has 4 rings (SSSR count). The highest BCUT2D eigenvalue weighted by molar-refractivity contribution is 5.78. The molecule has 1 amide bonds. The molecular weight excluding hydrogens is 348 g/mol. The van der Waals surface area contributed by atoms with Gasteiger partial charge >= 0.3 is 0 Å². The minimum Gasteiger partial charge on any atom is -0.348 e. The van der Waals surface area contributed by atoms with Gasteiger partial charge in [0, 0.05) is 17.8 Å². The third kappa shape index (κ3) is 4.00. The van der Waals surface area contributed by atoms with Crippen molar-refractivity contribution in [1.82, 2.24) is 20.0 Å². The van der Waals surface area contributed by atoms with Gasteiger partial charge in [-0.25, -0.2) is 0 Å². The summed E-state index contributed by atoms with van der Waals surface area (Å²) in [6.07, 6.45) is 6.24. The second kappa shape index (κ2) is 7.70. The van der Waals surface area contributed by atoms with E-state index >= 15 is 0 Å². The maximum absolute atomic E-state index is 12.7. The SMILES string of the molecule is CC(C)(C)n1ncc2c1CCC[C@H]2NC(=O)CN1CC[C@@H](c2ccccc2)C1. The number of carbonyl (C=O) groups is 1. The van der Waals surface area contributed by atoms with E-state index in [1.54, 1.807) is 0 Å². The quantitative estimate of drug-likeness (QED) is 0.881. The number of amides is 1. The van der Waals surface area contributed by atoms with Crippen LogP contribution in [0.4, 0.5) is 0 Å². The molecule has 0 saturated carbocycles. The normalized spacial score (nSPS) is 22.8. The van der Waals surface area contributed by atoms with Crippen molar-refractivity contribution in [3.63, 3.8) is 0 Å². The van der Waals surface area contributed by atoms with Crippen molar-refractivity contribution < 1.29 is 4.79 Å². The van der Waals surface area contributed by atoms with Crippen LogP contribution in [0.15, 0.2) is 36.5 Å². The number of nitrogens with one attached hydrogen (secondary N) is 1. The van der Waals surface area contributed by atoms with Crippen molar-refractivity contribution >= 4 is 5.91 Å². The summed E-state index contributed by atoms with van der Waals surface area (Å²) in [5.41, 5.74) is 3.85. The third-order valence-electron chi connectivity index (χ3n) is 6.06. The Kier molecular flexibility index (Phi) is 5.28. The summed E-state index contributed by atoms with van der Waals surface area (Å²) in [7, 11) is 0. The molecule has 2 atom stereocenters. The van der Waals surface area contributed by atoms with Crippen molar-refractivity contribution in [2.45, 2.75) is 64.0 Å². The Morgan fingerprint density at radius 3 is 2.75 bits per heavy atom. The Hall–Kier alpha value is -2.14. The van der Waals surface area contributed by atoms with E-state index in [4.69, 9.17) is 0 Å². The van der Waals surface area contributed by atoms with Crippen LogP contribution in [0.5, 0.6) is 0 Å². The molecule has 1 N–H and O–H groups in total. The average Bonchev–Trinajstić information content (AvgIpc) is 3.29. The molecule has 5 heteroatoms. The molecule has 0 unspecified atom stereocenters. The predicted octanol–water partition coefficient (Wildman–Crippen LogP) is 3.62. The number of benzene rings is 1. The number of likely N-dealkylation sites (tertiary alicyclic amines) is 1. The molecule has 0 radical (unpaired) electrons. The highest BCUT2D eigenvalue weighted by Gasteiger charge is 2.30. The maximum atomic E-state index is 12.7. The summed E-state index contributed by atoms with van der Waals surface area (Å²) in [6, 6.07) is 10.8. The minimum atomic E-state index is -0.0263. The van der Waals surface area contributed by atoms with Crippen molar-refractivity contribution in [3.8, 4) is 0 Å². The molecule has 2 aromatic rings. The van der Waals surface area contributed by atoms with Crippen molar-refractivity contribution in [2.75, 3.05) is 19.6 Å². The van der Waals surface area contributed by atoms with E-state index in [0.29, 0.717) is 12.5 Å². The van der Waals surface area contributed by atoms with Gasteiger partial charge in [0.1, 0.15) is 0 Å². The summed E-state index contributed by atoms with van der Waals surface area (Å²) in [4.78, 5) is 15.0. The molecule has 1 aliphatic heterocycles.